The molecule has 0 aromatic carbocycles. The van der Waals surface area contributed by atoms with E-state index in [0.717, 1.165) is 25.9 Å². The first-order chi connectivity index (χ1) is 8.83. The first-order valence-corrected chi connectivity index (χ1v) is 6.74. The van der Waals surface area contributed by atoms with E-state index < -0.39 is 0 Å². The van der Waals surface area contributed by atoms with E-state index in [0.29, 0.717) is 12.1 Å². The monoisotopic (exact) mass is 249 g/mol. The topological polar surface area (TPSA) is 63.1 Å². The minimum Gasteiger partial charge on any atom is -0.335 e. The Morgan fingerprint density at radius 3 is 2.67 bits per heavy atom. The van der Waals surface area contributed by atoms with Gasteiger partial charge in [0.15, 0.2) is 0 Å². The van der Waals surface area contributed by atoms with E-state index in [9.17, 15) is 4.79 Å². The van der Waals surface area contributed by atoms with Crippen molar-refractivity contribution < 1.29 is 4.79 Å². The summed E-state index contributed by atoms with van der Waals surface area (Å²) in [5, 5.41) is 10.9. The molecule has 18 heavy (non-hydrogen) atoms. The molecular weight excluding hydrogens is 230 g/mol. The number of rotatable bonds is 2. The number of urea groups is 1. The summed E-state index contributed by atoms with van der Waals surface area (Å²) >= 11 is 0. The van der Waals surface area contributed by atoms with Gasteiger partial charge in [-0.15, -0.1) is 5.10 Å². The molecule has 6 nitrogen and oxygen atoms in total. The molecule has 6 heteroatoms. The zero-order valence-corrected chi connectivity index (χ0v) is 10.5. The van der Waals surface area contributed by atoms with Gasteiger partial charge in [0.2, 0.25) is 0 Å². The second-order valence-corrected chi connectivity index (χ2v) is 5.23. The van der Waals surface area contributed by atoms with Gasteiger partial charge in [-0.3, -0.25) is 0 Å². The van der Waals surface area contributed by atoms with Crippen LogP contribution in [0.25, 0.3) is 0 Å². The summed E-state index contributed by atoms with van der Waals surface area (Å²) in [6.45, 7) is 1.48. The molecule has 1 aliphatic heterocycles. The molecule has 1 N–H and O–H groups in total. The Balaban J connectivity index is 1.45. The van der Waals surface area contributed by atoms with Crippen LogP contribution in [0.5, 0.6) is 0 Å². The highest BCUT2D eigenvalue weighted by Gasteiger charge is 2.33. The van der Waals surface area contributed by atoms with Crippen molar-refractivity contribution in [1.29, 1.82) is 0 Å². The van der Waals surface area contributed by atoms with E-state index in [4.69, 9.17) is 0 Å². The maximum absolute atomic E-state index is 12.0. The Bertz CT molecular complexity index is 393. The minimum absolute atomic E-state index is 0.0817. The molecule has 1 saturated carbocycles. The van der Waals surface area contributed by atoms with Crippen molar-refractivity contribution in [3.8, 4) is 0 Å². The van der Waals surface area contributed by atoms with Gasteiger partial charge in [-0.1, -0.05) is 24.5 Å². The molecule has 1 aliphatic carbocycles. The van der Waals surface area contributed by atoms with Crippen molar-refractivity contribution >= 4 is 6.03 Å². The summed E-state index contributed by atoms with van der Waals surface area (Å²) in [4.78, 5) is 13.8. The lowest BCUT2D eigenvalue weighted by Crippen LogP contribution is -2.56. The normalized spacial score (nSPS) is 21.7. The Hall–Kier alpha value is -1.59. The standard InChI is InChI=1S/C12H19N5O/c18-12(14-10-4-2-1-3-5-10)16-8-11(9-16)17-7-6-13-15-17/h6-7,10-11H,1-5,8-9H2,(H,14,18). The van der Waals surface area contributed by atoms with E-state index in [1.165, 1.54) is 19.3 Å². The Morgan fingerprint density at radius 1 is 1.22 bits per heavy atom. The van der Waals surface area contributed by atoms with Gasteiger partial charge in [-0.05, 0) is 12.8 Å². The second kappa shape index (κ2) is 4.96. The van der Waals surface area contributed by atoms with E-state index in [-0.39, 0.29) is 6.03 Å². The molecule has 2 aliphatic rings. The highest BCUT2D eigenvalue weighted by atomic mass is 16.2. The number of hydrogen-bond donors (Lipinski definition) is 1. The van der Waals surface area contributed by atoms with Crippen LogP contribution in [0, 0.1) is 0 Å². The van der Waals surface area contributed by atoms with Crippen LogP contribution >= 0.6 is 0 Å². The predicted octanol–water partition coefficient (Wildman–Crippen LogP) is 1.18. The molecule has 1 aromatic rings. The third-order valence-electron chi connectivity index (χ3n) is 3.90. The summed E-state index contributed by atoms with van der Waals surface area (Å²) in [6, 6.07) is 0.763. The van der Waals surface area contributed by atoms with Crippen LogP contribution in [-0.4, -0.2) is 45.1 Å². The molecular formula is C12H19N5O. The van der Waals surface area contributed by atoms with Crippen LogP contribution < -0.4 is 5.32 Å². The summed E-state index contributed by atoms with van der Waals surface area (Å²) in [6.07, 6.45) is 9.58. The van der Waals surface area contributed by atoms with Gasteiger partial charge in [0, 0.05) is 25.3 Å². The third-order valence-corrected chi connectivity index (χ3v) is 3.90. The first kappa shape index (κ1) is 11.5. The van der Waals surface area contributed by atoms with Crippen LogP contribution in [0.3, 0.4) is 0 Å². The van der Waals surface area contributed by atoms with Crippen molar-refractivity contribution in [2.24, 2.45) is 0 Å². The summed E-state index contributed by atoms with van der Waals surface area (Å²) < 4.78 is 1.82. The Labute approximate surface area is 106 Å². The van der Waals surface area contributed by atoms with Gasteiger partial charge in [0.25, 0.3) is 0 Å². The molecule has 3 rings (SSSR count). The molecule has 98 valence electrons. The summed E-state index contributed by atoms with van der Waals surface area (Å²) in [5.74, 6) is 0. The van der Waals surface area contributed by atoms with Gasteiger partial charge in [0.1, 0.15) is 0 Å². The van der Waals surface area contributed by atoms with Crippen molar-refractivity contribution in [1.82, 2.24) is 25.2 Å². The average molecular weight is 249 g/mol. The fourth-order valence-corrected chi connectivity index (χ4v) is 2.71. The fraction of sp³-hybridized carbons (Fsp3) is 0.750. The number of nitrogens with zero attached hydrogens (tertiary/aromatic N) is 4. The SMILES string of the molecule is O=C(NC1CCCCC1)N1CC(n2ccnn2)C1. The highest BCUT2D eigenvalue weighted by Crippen LogP contribution is 2.21. The molecule has 2 amide bonds. The van der Waals surface area contributed by atoms with Gasteiger partial charge in [0.05, 0.1) is 12.2 Å². The third kappa shape index (κ3) is 2.32. The summed E-state index contributed by atoms with van der Waals surface area (Å²) in [5.41, 5.74) is 0. The fourth-order valence-electron chi connectivity index (χ4n) is 2.71. The quantitative estimate of drug-likeness (QED) is 0.856. The van der Waals surface area contributed by atoms with Crippen LogP contribution in [0.1, 0.15) is 38.1 Å². The van der Waals surface area contributed by atoms with Gasteiger partial charge < -0.3 is 10.2 Å². The van der Waals surface area contributed by atoms with Crippen molar-refractivity contribution in [2.45, 2.75) is 44.2 Å². The number of nitrogens with one attached hydrogen (secondary N) is 1. The van der Waals surface area contributed by atoms with E-state index >= 15 is 0 Å². The molecule has 1 saturated heterocycles. The Kier molecular flexibility index (Phi) is 3.17. The molecule has 0 unspecified atom stereocenters. The molecule has 0 atom stereocenters. The molecule has 2 fully saturated rings. The zero-order chi connectivity index (χ0) is 12.4. The van der Waals surface area contributed by atoms with Crippen molar-refractivity contribution in [2.75, 3.05) is 13.1 Å². The van der Waals surface area contributed by atoms with Crippen LogP contribution in [-0.2, 0) is 0 Å². The van der Waals surface area contributed by atoms with Gasteiger partial charge in [-0.25, -0.2) is 9.48 Å². The number of aromatic nitrogens is 3. The molecule has 0 spiro atoms. The average Bonchev–Trinajstić information content (AvgIpc) is 2.82. The second-order valence-electron chi connectivity index (χ2n) is 5.23. The lowest BCUT2D eigenvalue weighted by molar-refractivity contribution is 0.113. The largest absolute Gasteiger partial charge is 0.335 e. The number of amides is 2. The van der Waals surface area contributed by atoms with Crippen LogP contribution in [0.4, 0.5) is 4.79 Å². The molecule has 1 aromatic heterocycles. The number of hydrogen-bond acceptors (Lipinski definition) is 3. The maximum atomic E-state index is 12.0. The number of carbonyl (C=O) groups is 1. The maximum Gasteiger partial charge on any atom is 0.317 e. The van der Waals surface area contributed by atoms with E-state index in [1.807, 2.05) is 15.8 Å². The molecule has 0 radical (unpaired) electrons. The zero-order valence-electron chi connectivity index (χ0n) is 10.5. The van der Waals surface area contributed by atoms with Gasteiger partial charge in [-0.2, -0.15) is 0 Å². The highest BCUT2D eigenvalue weighted by molar-refractivity contribution is 5.75. The Morgan fingerprint density at radius 2 is 2.00 bits per heavy atom. The van der Waals surface area contributed by atoms with Crippen molar-refractivity contribution in [3.63, 3.8) is 0 Å². The van der Waals surface area contributed by atoms with E-state index in [1.54, 1.807) is 6.20 Å². The van der Waals surface area contributed by atoms with Crippen molar-refractivity contribution in [3.05, 3.63) is 12.4 Å². The minimum atomic E-state index is 0.0817. The van der Waals surface area contributed by atoms with E-state index in [2.05, 4.69) is 15.6 Å². The smallest absolute Gasteiger partial charge is 0.317 e. The summed E-state index contributed by atoms with van der Waals surface area (Å²) in [7, 11) is 0. The van der Waals surface area contributed by atoms with Crippen LogP contribution in [0.2, 0.25) is 0 Å². The number of likely N-dealkylation sites (tertiary alicyclic amines) is 1. The van der Waals surface area contributed by atoms with Gasteiger partial charge >= 0.3 is 6.03 Å². The van der Waals surface area contributed by atoms with Crippen LogP contribution in [0.15, 0.2) is 12.4 Å². The molecule has 2 heterocycles. The first-order valence-electron chi connectivity index (χ1n) is 6.74. The lowest BCUT2D eigenvalue weighted by atomic mass is 9.95. The predicted molar refractivity (Wildman–Crippen MR) is 66.0 cm³/mol. The number of carbonyl (C=O) groups excluding carboxylic acids is 1. The molecule has 0 bridgehead atoms. The lowest BCUT2D eigenvalue weighted by Gasteiger charge is -2.39.